The molecule has 1 atom stereocenters. The monoisotopic (exact) mass is 288 g/mol. The number of benzene rings is 1. The van der Waals surface area contributed by atoms with Crippen molar-refractivity contribution in [3.05, 3.63) is 57.0 Å². The number of thiophene rings is 1. The average molecular weight is 289 g/mol. The highest BCUT2D eigenvalue weighted by Crippen LogP contribution is 2.39. The lowest BCUT2D eigenvalue weighted by Gasteiger charge is -2.22. The van der Waals surface area contributed by atoms with Gasteiger partial charge in [-0.25, -0.2) is 0 Å². The first-order valence-corrected chi connectivity index (χ1v) is 7.19. The largest absolute Gasteiger partial charge is 0.196 e. The molecule has 0 amide bonds. The summed E-state index contributed by atoms with van der Waals surface area (Å²) in [5.74, 6) is 1.22. The van der Waals surface area contributed by atoms with E-state index in [2.05, 4.69) is 39.1 Å². The van der Waals surface area contributed by atoms with Crippen LogP contribution in [0, 0.1) is 0 Å². The summed E-state index contributed by atoms with van der Waals surface area (Å²) in [5, 5.41) is 14.8. The van der Waals surface area contributed by atoms with Crippen LogP contribution in [0.3, 0.4) is 0 Å². The molecule has 2 aromatic heterocycles. The summed E-state index contributed by atoms with van der Waals surface area (Å²) in [7, 11) is 0. The number of hydrogen-bond donors (Lipinski definition) is 0. The third-order valence-electron chi connectivity index (χ3n) is 3.41. The molecule has 1 unspecified atom stereocenters. The van der Waals surface area contributed by atoms with Gasteiger partial charge in [0.25, 0.3) is 0 Å². The van der Waals surface area contributed by atoms with E-state index < -0.39 is 0 Å². The summed E-state index contributed by atoms with van der Waals surface area (Å²) in [6.45, 7) is 0. The van der Waals surface area contributed by atoms with Crippen molar-refractivity contribution in [1.29, 1.82) is 0 Å². The summed E-state index contributed by atoms with van der Waals surface area (Å²) < 4.78 is 1.83. The molecule has 0 saturated carbocycles. The molecule has 4 nitrogen and oxygen atoms in total. The van der Waals surface area contributed by atoms with Crippen LogP contribution >= 0.6 is 22.9 Å². The maximum Gasteiger partial charge on any atom is 0.157 e. The van der Waals surface area contributed by atoms with Crippen molar-refractivity contribution in [3.63, 3.8) is 0 Å². The van der Waals surface area contributed by atoms with Crippen molar-refractivity contribution in [3.8, 4) is 5.69 Å². The average Bonchev–Trinajstić information content (AvgIpc) is 3.06. The Balaban J connectivity index is 1.86. The number of nitrogens with zero attached hydrogens (tertiary/aromatic N) is 4. The van der Waals surface area contributed by atoms with Crippen molar-refractivity contribution in [1.82, 2.24) is 20.2 Å². The number of fused-ring (bicyclic) bond motifs is 3. The fraction of sp³-hybridized carbons (Fsp3) is 0.154. The van der Waals surface area contributed by atoms with E-state index in [1.54, 1.807) is 11.3 Å². The van der Waals surface area contributed by atoms with Crippen LogP contribution in [0.4, 0.5) is 0 Å². The summed E-state index contributed by atoms with van der Waals surface area (Å²) in [6, 6.07) is 10.1. The van der Waals surface area contributed by atoms with Gasteiger partial charge in [0.15, 0.2) is 5.82 Å². The molecule has 19 heavy (non-hydrogen) atoms. The third kappa shape index (κ3) is 1.69. The predicted molar refractivity (Wildman–Crippen MR) is 74.0 cm³/mol. The zero-order valence-electron chi connectivity index (χ0n) is 9.82. The molecule has 3 heterocycles. The van der Waals surface area contributed by atoms with Crippen LogP contribution in [-0.4, -0.2) is 20.2 Å². The van der Waals surface area contributed by atoms with E-state index in [4.69, 9.17) is 11.6 Å². The van der Waals surface area contributed by atoms with Crippen molar-refractivity contribution < 1.29 is 0 Å². The second-order valence-corrected chi connectivity index (χ2v) is 5.87. The molecule has 0 aliphatic carbocycles. The zero-order chi connectivity index (χ0) is 12.8. The fourth-order valence-corrected chi connectivity index (χ4v) is 3.64. The first-order chi connectivity index (χ1) is 9.33. The quantitative estimate of drug-likeness (QED) is 0.691. The molecule has 1 aliphatic heterocycles. The Labute approximate surface area is 118 Å². The van der Waals surface area contributed by atoms with Crippen LogP contribution in [0.25, 0.3) is 5.69 Å². The van der Waals surface area contributed by atoms with Gasteiger partial charge < -0.3 is 0 Å². The van der Waals surface area contributed by atoms with Gasteiger partial charge in [0.2, 0.25) is 0 Å². The number of rotatable bonds is 1. The number of aromatic nitrogens is 4. The Morgan fingerprint density at radius 1 is 1.21 bits per heavy atom. The second kappa shape index (κ2) is 4.15. The Bertz CT molecular complexity index is 731. The summed E-state index contributed by atoms with van der Waals surface area (Å²) in [4.78, 5) is 1.31. The van der Waals surface area contributed by atoms with Gasteiger partial charge >= 0.3 is 0 Å². The van der Waals surface area contributed by atoms with Crippen LogP contribution in [0.1, 0.15) is 22.2 Å². The third-order valence-corrected chi connectivity index (χ3v) is 4.68. The Morgan fingerprint density at radius 2 is 2.05 bits per heavy atom. The fourth-order valence-electron chi connectivity index (χ4n) is 2.51. The standard InChI is InChI=1S/C13H9ClN4S/c14-9-3-1-8(2-4-9)10-7-12-15-16-17-18(12)11-5-6-19-13(10)11/h1-6,10H,7H2. The highest BCUT2D eigenvalue weighted by Gasteiger charge is 2.29. The van der Waals surface area contributed by atoms with E-state index in [9.17, 15) is 0 Å². The highest BCUT2D eigenvalue weighted by atomic mass is 35.5. The molecule has 0 N–H and O–H groups in total. The maximum absolute atomic E-state index is 5.96. The van der Waals surface area contributed by atoms with Gasteiger partial charge in [0.1, 0.15) is 0 Å². The molecule has 0 fully saturated rings. The van der Waals surface area contributed by atoms with Gasteiger partial charge in [0, 0.05) is 22.2 Å². The molecule has 0 bridgehead atoms. The lowest BCUT2D eigenvalue weighted by molar-refractivity contribution is 0.671. The molecule has 0 saturated heterocycles. The van der Waals surface area contributed by atoms with Gasteiger partial charge in [-0.15, -0.1) is 16.4 Å². The molecule has 1 aromatic carbocycles. The zero-order valence-corrected chi connectivity index (χ0v) is 11.4. The van der Waals surface area contributed by atoms with Gasteiger partial charge in [-0.2, -0.15) is 4.68 Å². The van der Waals surface area contributed by atoms with E-state index in [1.165, 1.54) is 10.4 Å². The summed E-state index contributed by atoms with van der Waals surface area (Å²) >= 11 is 7.71. The Morgan fingerprint density at radius 3 is 2.89 bits per heavy atom. The first kappa shape index (κ1) is 11.1. The second-order valence-electron chi connectivity index (χ2n) is 4.49. The lowest BCUT2D eigenvalue weighted by atomic mass is 9.91. The van der Waals surface area contributed by atoms with Crippen LogP contribution in [0.2, 0.25) is 5.02 Å². The van der Waals surface area contributed by atoms with E-state index in [0.29, 0.717) is 5.92 Å². The molecule has 0 radical (unpaired) electrons. The Kier molecular flexibility index (Phi) is 2.43. The van der Waals surface area contributed by atoms with Crippen molar-refractivity contribution in [2.24, 2.45) is 0 Å². The van der Waals surface area contributed by atoms with E-state index in [0.717, 1.165) is 23.0 Å². The van der Waals surface area contributed by atoms with E-state index in [1.807, 2.05) is 16.8 Å². The minimum absolute atomic E-state index is 0.311. The molecule has 1 aliphatic rings. The minimum atomic E-state index is 0.311. The van der Waals surface area contributed by atoms with E-state index in [-0.39, 0.29) is 0 Å². The molecule has 4 rings (SSSR count). The topological polar surface area (TPSA) is 43.6 Å². The van der Waals surface area contributed by atoms with Crippen molar-refractivity contribution in [2.75, 3.05) is 0 Å². The van der Waals surface area contributed by atoms with Gasteiger partial charge in [-0.3, -0.25) is 0 Å². The normalized spacial score (nSPS) is 17.0. The Hall–Kier alpha value is -1.72. The van der Waals surface area contributed by atoms with Crippen molar-refractivity contribution >= 4 is 22.9 Å². The lowest BCUT2D eigenvalue weighted by Crippen LogP contribution is -2.17. The number of hydrogen-bond acceptors (Lipinski definition) is 4. The molecule has 94 valence electrons. The van der Waals surface area contributed by atoms with Crippen LogP contribution in [0.5, 0.6) is 0 Å². The minimum Gasteiger partial charge on any atom is -0.196 e. The van der Waals surface area contributed by atoms with E-state index >= 15 is 0 Å². The van der Waals surface area contributed by atoms with Crippen LogP contribution in [-0.2, 0) is 6.42 Å². The van der Waals surface area contributed by atoms with Crippen LogP contribution in [0.15, 0.2) is 35.7 Å². The molecule has 3 aromatic rings. The highest BCUT2D eigenvalue weighted by molar-refractivity contribution is 7.10. The number of halogens is 1. The van der Waals surface area contributed by atoms with Crippen LogP contribution < -0.4 is 0 Å². The predicted octanol–water partition coefficient (Wildman–Crippen LogP) is 3.07. The molecular formula is C13H9ClN4S. The first-order valence-electron chi connectivity index (χ1n) is 5.93. The van der Waals surface area contributed by atoms with Gasteiger partial charge in [0.05, 0.1) is 5.69 Å². The van der Waals surface area contributed by atoms with Crippen molar-refractivity contribution in [2.45, 2.75) is 12.3 Å². The summed E-state index contributed by atoms with van der Waals surface area (Å²) in [6.07, 6.45) is 0.822. The summed E-state index contributed by atoms with van der Waals surface area (Å²) in [5.41, 5.74) is 2.35. The van der Waals surface area contributed by atoms with Gasteiger partial charge in [-0.05, 0) is 39.6 Å². The smallest absolute Gasteiger partial charge is 0.157 e. The molecule has 0 spiro atoms. The SMILES string of the molecule is Clc1ccc(C2Cc3nnnn3-c3ccsc32)cc1. The maximum atomic E-state index is 5.96. The number of tetrazole rings is 1. The van der Waals surface area contributed by atoms with Gasteiger partial charge in [-0.1, -0.05) is 23.7 Å². The molecule has 6 heteroatoms. The molecular weight excluding hydrogens is 280 g/mol.